The van der Waals surface area contributed by atoms with Crippen LogP contribution in [0.25, 0.3) is 17.0 Å². The zero-order valence-corrected chi connectivity index (χ0v) is 22.1. The number of nitrogens with zero attached hydrogens (tertiary/aromatic N) is 3. The number of fused-ring (bicyclic) bond motifs is 1. The molecule has 1 aliphatic heterocycles. The smallest absolute Gasteiger partial charge is 0.269 e. The third-order valence-electron chi connectivity index (χ3n) is 7.14. The number of rotatable bonds is 6. The molecule has 2 amide bonds. The van der Waals surface area contributed by atoms with E-state index in [-0.39, 0.29) is 5.92 Å². The van der Waals surface area contributed by atoms with Crippen LogP contribution in [0.2, 0.25) is 0 Å². The Hall–Kier alpha value is -4.35. The van der Waals surface area contributed by atoms with Crippen LogP contribution in [0.15, 0.2) is 90.1 Å². The van der Waals surface area contributed by atoms with Crippen molar-refractivity contribution in [3.63, 3.8) is 0 Å². The maximum absolute atomic E-state index is 14.5. The van der Waals surface area contributed by atoms with Crippen molar-refractivity contribution >= 4 is 40.4 Å². The van der Waals surface area contributed by atoms with Crippen molar-refractivity contribution in [3.8, 4) is 6.07 Å². The normalized spacial score (nSPS) is 21.8. The second-order valence-electron chi connectivity index (χ2n) is 9.88. The van der Waals surface area contributed by atoms with Crippen LogP contribution in [0.5, 0.6) is 0 Å². The Morgan fingerprint density at radius 3 is 2.73 bits per heavy atom. The van der Waals surface area contributed by atoms with Gasteiger partial charge in [0.2, 0.25) is 5.91 Å². The zero-order chi connectivity index (χ0) is 28.3. The largest absolute Gasteiger partial charge is 0.343 e. The number of carbonyl (C=O) groups is 2. The molecule has 0 saturated carbocycles. The van der Waals surface area contributed by atoms with Crippen LogP contribution in [0, 0.1) is 17.2 Å². The Kier molecular flexibility index (Phi) is 7.51. The second kappa shape index (κ2) is 11.0. The molecule has 1 saturated heterocycles. The van der Waals surface area contributed by atoms with Crippen LogP contribution in [-0.4, -0.2) is 40.7 Å². The number of halogens is 3. The van der Waals surface area contributed by atoms with Gasteiger partial charge in [-0.1, -0.05) is 72.3 Å². The number of nitriles is 1. The summed E-state index contributed by atoms with van der Waals surface area (Å²) in [5, 5.41) is 13.8. The molecule has 2 atom stereocenters. The molecule has 6 nitrogen and oxygen atoms in total. The quantitative estimate of drug-likeness (QED) is 0.404. The summed E-state index contributed by atoms with van der Waals surface area (Å²) in [5.41, 5.74) is 0.224. The van der Waals surface area contributed by atoms with Gasteiger partial charge >= 0.3 is 0 Å². The number of benzene rings is 2. The second-order valence-corrected chi connectivity index (χ2v) is 10.3. The first kappa shape index (κ1) is 27.2. The minimum Gasteiger partial charge on any atom is -0.343 e. The third kappa shape index (κ3) is 5.51. The van der Waals surface area contributed by atoms with Crippen molar-refractivity contribution in [2.45, 2.75) is 24.3 Å². The predicted octanol–water partition coefficient (Wildman–Crippen LogP) is 5.96. The molecule has 1 N–H and O–H groups in total. The number of aromatic nitrogens is 1. The van der Waals surface area contributed by atoms with Crippen molar-refractivity contribution in [1.29, 1.82) is 5.26 Å². The molecule has 1 fully saturated rings. The Labute approximate surface area is 235 Å². The summed E-state index contributed by atoms with van der Waals surface area (Å²) < 4.78 is 29.1. The van der Waals surface area contributed by atoms with Crippen LogP contribution < -0.4 is 5.32 Å². The first-order valence-electron chi connectivity index (χ1n) is 12.7. The van der Waals surface area contributed by atoms with E-state index in [0.29, 0.717) is 27.1 Å². The molecule has 0 spiro atoms. The summed E-state index contributed by atoms with van der Waals surface area (Å²) in [6.07, 6.45) is 11.3. The molecule has 9 heteroatoms. The summed E-state index contributed by atoms with van der Waals surface area (Å²) in [4.78, 5) is 31.6. The van der Waals surface area contributed by atoms with Gasteiger partial charge in [-0.15, -0.1) is 0 Å². The summed E-state index contributed by atoms with van der Waals surface area (Å²) >= 11 is 5.99. The first-order chi connectivity index (χ1) is 19.2. The predicted molar refractivity (Wildman–Crippen MR) is 149 cm³/mol. The summed E-state index contributed by atoms with van der Waals surface area (Å²) in [5.74, 6) is -4.36. The maximum atomic E-state index is 14.5. The molecule has 3 aromatic rings. The van der Waals surface area contributed by atoms with Gasteiger partial charge in [0.15, 0.2) is 5.54 Å². The summed E-state index contributed by atoms with van der Waals surface area (Å²) in [6.45, 7) is -1.45. The molecule has 40 heavy (non-hydrogen) atoms. The lowest BCUT2D eigenvalue weighted by molar-refractivity contribution is -0.133. The van der Waals surface area contributed by atoms with Crippen LogP contribution in [0.3, 0.4) is 0 Å². The van der Waals surface area contributed by atoms with Gasteiger partial charge in [-0.05, 0) is 47.7 Å². The lowest BCUT2D eigenvalue weighted by Crippen LogP contribution is -2.48. The highest BCUT2D eigenvalue weighted by atomic mass is 35.5. The number of nitrogens with one attached hydrogen (secondary N) is 1. The first-order valence-corrected chi connectivity index (χ1v) is 13.1. The average molecular weight is 559 g/mol. The average Bonchev–Trinajstić information content (AvgIpc) is 3.27. The molecule has 2 aromatic carbocycles. The molecular formula is C31H25ClF2N4O2. The number of hydrogen-bond acceptors (Lipinski definition) is 4. The van der Waals surface area contributed by atoms with Crippen LogP contribution in [-0.2, 0) is 10.3 Å². The Morgan fingerprint density at radius 1 is 1.20 bits per heavy atom. The molecule has 2 heterocycles. The minimum absolute atomic E-state index is 0.204. The Morgan fingerprint density at radius 2 is 2.00 bits per heavy atom. The number of amides is 2. The third-order valence-corrected chi connectivity index (χ3v) is 7.42. The van der Waals surface area contributed by atoms with E-state index in [9.17, 15) is 23.6 Å². The molecule has 1 aromatic heterocycles. The monoisotopic (exact) mass is 558 g/mol. The number of alkyl halides is 2. The highest BCUT2D eigenvalue weighted by molar-refractivity contribution is 6.31. The number of likely N-dealkylation sites (tertiary alicyclic amines) is 1. The van der Waals surface area contributed by atoms with E-state index < -0.39 is 42.8 Å². The SMILES string of the molecule is N#CC1(c2ccccc2)CC(F)(F)CN1C(=O)CNC(=O)c1ccnc2ccc(C=CC3C=CC(Cl)=CC3)cc12. The Balaban J connectivity index is 1.34. The van der Waals surface area contributed by atoms with Crippen molar-refractivity contribution in [3.05, 3.63) is 107 Å². The highest BCUT2D eigenvalue weighted by Gasteiger charge is 2.58. The van der Waals surface area contributed by atoms with E-state index in [1.807, 2.05) is 48.6 Å². The lowest BCUT2D eigenvalue weighted by atomic mass is 9.88. The highest BCUT2D eigenvalue weighted by Crippen LogP contribution is 2.45. The van der Waals surface area contributed by atoms with Gasteiger partial charge < -0.3 is 10.2 Å². The van der Waals surface area contributed by atoms with Gasteiger partial charge in [0.25, 0.3) is 11.8 Å². The van der Waals surface area contributed by atoms with Crippen LogP contribution in [0.1, 0.15) is 34.3 Å². The van der Waals surface area contributed by atoms with Crippen LogP contribution >= 0.6 is 11.6 Å². The summed E-state index contributed by atoms with van der Waals surface area (Å²) in [6, 6.07) is 17.1. The molecule has 1 aliphatic carbocycles. The molecule has 0 bridgehead atoms. The molecular weight excluding hydrogens is 534 g/mol. The maximum Gasteiger partial charge on any atom is 0.269 e. The zero-order valence-electron chi connectivity index (χ0n) is 21.4. The van der Waals surface area contributed by atoms with Gasteiger partial charge in [0, 0.05) is 16.6 Å². The number of allylic oxidation sites excluding steroid dienone is 5. The molecule has 2 unspecified atom stereocenters. The lowest BCUT2D eigenvalue weighted by Gasteiger charge is -2.32. The Bertz CT molecular complexity index is 1600. The van der Waals surface area contributed by atoms with E-state index in [2.05, 4.69) is 10.3 Å². The fourth-order valence-corrected chi connectivity index (χ4v) is 5.29. The molecule has 202 valence electrons. The van der Waals surface area contributed by atoms with Crippen molar-refractivity contribution in [1.82, 2.24) is 15.2 Å². The van der Waals surface area contributed by atoms with E-state index >= 15 is 0 Å². The van der Waals surface area contributed by atoms with Crippen molar-refractivity contribution in [2.24, 2.45) is 5.92 Å². The van der Waals surface area contributed by atoms with Gasteiger partial charge in [0.05, 0.1) is 36.7 Å². The van der Waals surface area contributed by atoms with Crippen molar-refractivity contribution < 1.29 is 18.4 Å². The fraction of sp³-hybridized carbons (Fsp3) is 0.226. The van der Waals surface area contributed by atoms with Gasteiger partial charge in [0.1, 0.15) is 0 Å². The minimum atomic E-state index is -3.24. The van der Waals surface area contributed by atoms with Gasteiger partial charge in [-0.3, -0.25) is 14.6 Å². The molecule has 5 rings (SSSR count). The summed E-state index contributed by atoms with van der Waals surface area (Å²) in [7, 11) is 0. The fourth-order valence-electron chi connectivity index (χ4n) is 5.13. The molecule has 0 radical (unpaired) electrons. The van der Waals surface area contributed by atoms with Crippen LogP contribution in [0.4, 0.5) is 8.78 Å². The standard InChI is InChI=1S/C31H25ClF2N4O2/c32-24-11-8-21(9-12-24)6-7-22-10-13-27-26(16-22)25(14-15-36-27)29(40)37-17-28(39)38-20-31(33,34)18-30(38,19-35)23-4-2-1-3-5-23/h1-8,10-16,21H,9,17-18,20H2,(H,37,40). The van der Waals surface area contributed by atoms with Gasteiger partial charge in [-0.2, -0.15) is 5.26 Å². The van der Waals surface area contributed by atoms with Crippen molar-refractivity contribution in [2.75, 3.05) is 13.1 Å². The topological polar surface area (TPSA) is 86.1 Å². The van der Waals surface area contributed by atoms with E-state index in [1.165, 1.54) is 6.20 Å². The van der Waals surface area contributed by atoms with Gasteiger partial charge in [-0.25, -0.2) is 8.78 Å². The van der Waals surface area contributed by atoms with E-state index in [4.69, 9.17) is 11.6 Å². The molecule has 2 aliphatic rings. The van der Waals surface area contributed by atoms with E-state index in [1.54, 1.807) is 42.5 Å². The van der Waals surface area contributed by atoms with E-state index in [0.717, 1.165) is 16.9 Å². The number of pyridine rings is 1. The number of carbonyl (C=O) groups excluding carboxylic acids is 2. The number of hydrogen-bond donors (Lipinski definition) is 1.